The predicted octanol–water partition coefficient (Wildman–Crippen LogP) is 3.07. The molecule has 0 saturated carbocycles. The fourth-order valence-electron chi connectivity index (χ4n) is 3.71. The highest BCUT2D eigenvalue weighted by Gasteiger charge is 2.35. The lowest BCUT2D eigenvalue weighted by molar-refractivity contribution is 0.138. The van der Waals surface area contributed by atoms with Crippen LogP contribution in [0.1, 0.15) is 38.2 Å². The standard InChI is InChI=1S/C16H22F2N2/c1-2-20(10-14-15(17)4-3-5-16(14)18)13-8-11-6-7-12(9-13)19-11/h3-5,11-13,19H,2,6-10H2,1H3. The second-order valence-corrected chi connectivity index (χ2v) is 6.03. The lowest BCUT2D eigenvalue weighted by Gasteiger charge is -2.37. The Morgan fingerprint density at radius 1 is 1.15 bits per heavy atom. The van der Waals surface area contributed by atoms with Crippen molar-refractivity contribution in [1.82, 2.24) is 10.2 Å². The summed E-state index contributed by atoms with van der Waals surface area (Å²) in [6.45, 7) is 3.28. The SMILES string of the molecule is CCN(Cc1c(F)cccc1F)C1CC2CCC(C1)N2. The van der Waals surface area contributed by atoms with Gasteiger partial charge in [0.15, 0.2) is 0 Å². The minimum atomic E-state index is -0.430. The van der Waals surface area contributed by atoms with Crippen LogP contribution >= 0.6 is 0 Å². The molecule has 3 rings (SSSR count). The Balaban J connectivity index is 1.74. The van der Waals surface area contributed by atoms with Gasteiger partial charge in [-0.25, -0.2) is 8.78 Å². The van der Waals surface area contributed by atoms with Gasteiger partial charge in [0.25, 0.3) is 0 Å². The number of rotatable bonds is 4. The van der Waals surface area contributed by atoms with Gasteiger partial charge >= 0.3 is 0 Å². The zero-order valence-corrected chi connectivity index (χ0v) is 11.9. The highest BCUT2D eigenvalue weighted by molar-refractivity contribution is 5.19. The lowest BCUT2D eigenvalue weighted by atomic mass is 9.97. The summed E-state index contributed by atoms with van der Waals surface area (Å²) in [6, 6.07) is 5.75. The molecular formula is C16H22F2N2. The zero-order valence-electron chi connectivity index (χ0n) is 11.9. The average Bonchev–Trinajstić information content (AvgIpc) is 2.77. The van der Waals surface area contributed by atoms with E-state index in [1.54, 1.807) is 0 Å². The third-order valence-electron chi connectivity index (χ3n) is 4.79. The van der Waals surface area contributed by atoms with Crippen molar-refractivity contribution < 1.29 is 8.78 Å². The summed E-state index contributed by atoms with van der Waals surface area (Å²) in [4.78, 5) is 2.23. The van der Waals surface area contributed by atoms with Crippen LogP contribution in [-0.4, -0.2) is 29.6 Å². The van der Waals surface area contributed by atoms with Crippen LogP contribution in [0.2, 0.25) is 0 Å². The third-order valence-corrected chi connectivity index (χ3v) is 4.79. The Morgan fingerprint density at radius 2 is 1.75 bits per heavy atom. The topological polar surface area (TPSA) is 15.3 Å². The van der Waals surface area contributed by atoms with Crippen molar-refractivity contribution in [2.24, 2.45) is 0 Å². The predicted molar refractivity (Wildman–Crippen MR) is 75.4 cm³/mol. The van der Waals surface area contributed by atoms with Gasteiger partial charge < -0.3 is 5.32 Å². The molecule has 2 aliphatic rings. The first-order chi connectivity index (χ1) is 9.67. The molecule has 20 heavy (non-hydrogen) atoms. The highest BCUT2D eigenvalue weighted by atomic mass is 19.1. The van der Waals surface area contributed by atoms with Crippen molar-refractivity contribution in [2.75, 3.05) is 6.54 Å². The van der Waals surface area contributed by atoms with Crippen LogP contribution in [0, 0.1) is 11.6 Å². The monoisotopic (exact) mass is 280 g/mol. The molecule has 1 N–H and O–H groups in total. The molecule has 4 heteroatoms. The quantitative estimate of drug-likeness (QED) is 0.912. The molecule has 2 fully saturated rings. The van der Waals surface area contributed by atoms with Crippen molar-refractivity contribution >= 4 is 0 Å². The molecule has 2 unspecified atom stereocenters. The number of piperidine rings is 1. The maximum Gasteiger partial charge on any atom is 0.130 e. The molecule has 110 valence electrons. The van der Waals surface area contributed by atoms with Gasteiger partial charge in [0.05, 0.1) is 0 Å². The van der Waals surface area contributed by atoms with E-state index >= 15 is 0 Å². The summed E-state index contributed by atoms with van der Waals surface area (Å²) < 4.78 is 27.6. The molecule has 0 aromatic heterocycles. The molecule has 0 spiro atoms. The molecule has 1 aromatic rings. The summed E-state index contributed by atoms with van der Waals surface area (Å²) >= 11 is 0. The Bertz CT molecular complexity index is 445. The maximum atomic E-state index is 13.8. The molecule has 0 amide bonds. The normalized spacial score (nSPS) is 29.1. The summed E-state index contributed by atoms with van der Waals surface area (Å²) in [6.07, 6.45) is 4.68. The minimum Gasteiger partial charge on any atom is -0.311 e. The third kappa shape index (κ3) is 2.72. The molecule has 2 saturated heterocycles. The number of halogens is 2. The first-order valence-electron chi connectivity index (χ1n) is 7.60. The van der Waals surface area contributed by atoms with Crippen LogP contribution in [0.15, 0.2) is 18.2 Å². The van der Waals surface area contributed by atoms with Crippen molar-refractivity contribution in [2.45, 2.75) is 57.3 Å². The van der Waals surface area contributed by atoms with E-state index in [0.717, 1.165) is 19.4 Å². The van der Waals surface area contributed by atoms with E-state index in [-0.39, 0.29) is 5.56 Å². The first-order valence-corrected chi connectivity index (χ1v) is 7.60. The fourth-order valence-corrected chi connectivity index (χ4v) is 3.71. The zero-order chi connectivity index (χ0) is 14.1. The molecule has 1 aromatic carbocycles. The van der Waals surface area contributed by atoms with Gasteiger partial charge in [0, 0.05) is 30.2 Å². The molecule has 2 bridgehead atoms. The largest absolute Gasteiger partial charge is 0.311 e. The number of hydrogen-bond donors (Lipinski definition) is 1. The second kappa shape index (κ2) is 5.78. The van der Waals surface area contributed by atoms with E-state index in [1.165, 1.54) is 31.0 Å². The number of benzene rings is 1. The molecule has 2 heterocycles. The van der Waals surface area contributed by atoms with E-state index in [1.807, 2.05) is 0 Å². The number of nitrogens with zero attached hydrogens (tertiary/aromatic N) is 1. The Kier molecular flexibility index (Phi) is 4.03. The molecule has 0 aliphatic carbocycles. The van der Waals surface area contributed by atoms with E-state index in [9.17, 15) is 8.78 Å². The fraction of sp³-hybridized carbons (Fsp3) is 0.625. The van der Waals surface area contributed by atoms with E-state index in [4.69, 9.17) is 0 Å². The van der Waals surface area contributed by atoms with Crippen molar-refractivity contribution in [3.05, 3.63) is 35.4 Å². The van der Waals surface area contributed by atoms with Crippen LogP contribution < -0.4 is 5.32 Å². The Hall–Kier alpha value is -1.00. The van der Waals surface area contributed by atoms with Gasteiger partial charge in [-0.2, -0.15) is 0 Å². The Morgan fingerprint density at radius 3 is 2.30 bits per heavy atom. The number of nitrogens with one attached hydrogen (secondary N) is 1. The highest BCUT2D eigenvalue weighted by Crippen LogP contribution is 2.30. The Labute approximate surface area is 119 Å². The van der Waals surface area contributed by atoms with Crippen LogP contribution in [0.25, 0.3) is 0 Å². The van der Waals surface area contributed by atoms with Gasteiger partial charge in [-0.15, -0.1) is 0 Å². The van der Waals surface area contributed by atoms with Crippen molar-refractivity contribution in [3.8, 4) is 0 Å². The summed E-state index contributed by atoms with van der Waals surface area (Å²) in [5, 5.41) is 3.61. The van der Waals surface area contributed by atoms with Crippen LogP contribution in [-0.2, 0) is 6.54 Å². The summed E-state index contributed by atoms with van der Waals surface area (Å²) in [7, 11) is 0. The molecular weight excluding hydrogens is 258 g/mol. The number of hydrogen-bond acceptors (Lipinski definition) is 2. The van der Waals surface area contributed by atoms with E-state index in [2.05, 4.69) is 17.1 Å². The van der Waals surface area contributed by atoms with Crippen molar-refractivity contribution in [3.63, 3.8) is 0 Å². The van der Waals surface area contributed by atoms with E-state index < -0.39 is 11.6 Å². The molecule has 2 nitrogen and oxygen atoms in total. The molecule has 2 aliphatic heterocycles. The van der Waals surface area contributed by atoms with Gasteiger partial charge in [0.2, 0.25) is 0 Å². The molecule has 0 radical (unpaired) electrons. The average molecular weight is 280 g/mol. The second-order valence-electron chi connectivity index (χ2n) is 6.03. The van der Waals surface area contributed by atoms with Crippen LogP contribution in [0.3, 0.4) is 0 Å². The molecule has 2 atom stereocenters. The van der Waals surface area contributed by atoms with Gasteiger partial charge in [-0.1, -0.05) is 13.0 Å². The number of fused-ring (bicyclic) bond motifs is 2. The van der Waals surface area contributed by atoms with Gasteiger partial charge in [-0.05, 0) is 44.4 Å². The minimum absolute atomic E-state index is 0.209. The summed E-state index contributed by atoms with van der Waals surface area (Å²) in [5.41, 5.74) is 0.209. The lowest BCUT2D eigenvalue weighted by Crippen LogP contribution is -2.48. The summed E-state index contributed by atoms with van der Waals surface area (Å²) in [5.74, 6) is -0.860. The van der Waals surface area contributed by atoms with Crippen LogP contribution in [0.5, 0.6) is 0 Å². The van der Waals surface area contributed by atoms with Crippen LogP contribution in [0.4, 0.5) is 8.78 Å². The first kappa shape index (κ1) is 14.0. The van der Waals surface area contributed by atoms with Gasteiger partial charge in [0.1, 0.15) is 11.6 Å². The maximum absolute atomic E-state index is 13.8. The van der Waals surface area contributed by atoms with Crippen molar-refractivity contribution in [1.29, 1.82) is 0 Å². The van der Waals surface area contributed by atoms with Gasteiger partial charge in [-0.3, -0.25) is 4.90 Å². The smallest absolute Gasteiger partial charge is 0.130 e. The van der Waals surface area contributed by atoms with E-state index in [0.29, 0.717) is 24.7 Å².